The molecule has 166 valence electrons. The lowest BCUT2D eigenvalue weighted by Gasteiger charge is -2.25. The Labute approximate surface area is 186 Å². The number of hydrogen-bond donors (Lipinski definition) is 0. The summed E-state index contributed by atoms with van der Waals surface area (Å²) in [5.41, 5.74) is 4.92. The van der Waals surface area contributed by atoms with Crippen LogP contribution in [0.5, 0.6) is 0 Å². The molecule has 3 aromatic heterocycles. The van der Waals surface area contributed by atoms with Crippen LogP contribution in [0.1, 0.15) is 55.6 Å². The number of ether oxygens (including phenoxy) is 1. The lowest BCUT2D eigenvalue weighted by molar-refractivity contribution is 0.0754. The van der Waals surface area contributed by atoms with Crippen LogP contribution in [0, 0.1) is 18.2 Å². The largest absolute Gasteiger partial charge is 0.381 e. The number of aromatic nitrogens is 4. The third-order valence-electron chi connectivity index (χ3n) is 6.27. The van der Waals surface area contributed by atoms with Crippen molar-refractivity contribution in [2.45, 2.75) is 46.5 Å². The zero-order valence-corrected chi connectivity index (χ0v) is 18.9. The molecule has 0 amide bonds. The molecule has 1 aromatic carbocycles. The summed E-state index contributed by atoms with van der Waals surface area (Å²) in [6.45, 7) is 9.15. The van der Waals surface area contributed by atoms with Crippen molar-refractivity contribution < 1.29 is 13.9 Å². The zero-order chi connectivity index (χ0) is 22.6. The number of aryl methyl sites for hydroxylation is 1. The number of halogens is 1. The van der Waals surface area contributed by atoms with Gasteiger partial charge in [-0.2, -0.15) is 9.78 Å². The average Bonchev–Trinajstić information content (AvgIpc) is 3.31. The predicted octanol–water partition coefficient (Wildman–Crippen LogP) is 5.40. The molecule has 0 radical (unpaired) electrons. The van der Waals surface area contributed by atoms with Gasteiger partial charge in [0.05, 0.1) is 17.2 Å². The molecule has 6 nitrogen and oxygen atoms in total. The van der Waals surface area contributed by atoms with Gasteiger partial charge in [0.25, 0.3) is 5.91 Å². The summed E-state index contributed by atoms with van der Waals surface area (Å²) >= 11 is 0. The summed E-state index contributed by atoms with van der Waals surface area (Å²) in [6, 6.07) is 8.60. The first kappa shape index (κ1) is 20.8. The van der Waals surface area contributed by atoms with Crippen molar-refractivity contribution in [3.8, 4) is 5.69 Å². The topological polar surface area (TPSA) is 61.9 Å². The van der Waals surface area contributed by atoms with E-state index in [4.69, 9.17) is 9.72 Å². The average molecular weight is 435 g/mol. The number of carbonyl (C=O) groups is 1. The number of rotatable bonds is 2. The number of hydrogen-bond acceptors (Lipinski definition) is 4. The van der Waals surface area contributed by atoms with Gasteiger partial charge in [-0.1, -0.05) is 20.8 Å². The van der Waals surface area contributed by atoms with Crippen LogP contribution in [0.2, 0.25) is 0 Å². The van der Waals surface area contributed by atoms with E-state index in [1.54, 1.807) is 18.3 Å². The maximum absolute atomic E-state index is 13.7. The summed E-state index contributed by atoms with van der Waals surface area (Å²) in [6.07, 6.45) is 3.54. The van der Waals surface area contributed by atoms with Crippen LogP contribution in [0.3, 0.4) is 0 Å². The van der Waals surface area contributed by atoms with Crippen molar-refractivity contribution in [3.05, 3.63) is 53.6 Å². The molecule has 0 atom stereocenters. The van der Waals surface area contributed by atoms with Crippen molar-refractivity contribution in [2.24, 2.45) is 5.41 Å². The fourth-order valence-corrected chi connectivity index (χ4v) is 4.61. The van der Waals surface area contributed by atoms with Crippen molar-refractivity contribution in [1.82, 2.24) is 19.3 Å². The molecule has 4 aromatic rings. The molecule has 1 fully saturated rings. The molecule has 4 heterocycles. The van der Waals surface area contributed by atoms with E-state index in [9.17, 15) is 9.18 Å². The predicted molar refractivity (Wildman–Crippen MR) is 122 cm³/mol. The van der Waals surface area contributed by atoms with Crippen molar-refractivity contribution in [1.29, 1.82) is 0 Å². The van der Waals surface area contributed by atoms with Gasteiger partial charge < -0.3 is 9.30 Å². The van der Waals surface area contributed by atoms with E-state index in [1.165, 1.54) is 22.5 Å². The van der Waals surface area contributed by atoms with Crippen LogP contribution in [0.25, 0.3) is 27.8 Å². The highest BCUT2D eigenvalue weighted by Crippen LogP contribution is 2.38. The van der Waals surface area contributed by atoms with Crippen molar-refractivity contribution >= 4 is 28.0 Å². The first-order valence-corrected chi connectivity index (χ1v) is 11.0. The Morgan fingerprint density at radius 3 is 2.50 bits per heavy atom. The Bertz CT molecular complexity index is 1320. The molecule has 1 saturated heterocycles. The minimum Gasteiger partial charge on any atom is -0.381 e. The van der Waals surface area contributed by atoms with Gasteiger partial charge in [-0.05, 0) is 55.7 Å². The molecule has 1 aliphatic rings. The second-order valence-electron chi connectivity index (χ2n) is 9.59. The lowest BCUT2D eigenvalue weighted by atomic mass is 9.93. The SMILES string of the molecule is Cc1c(C2CCOCC2)n(-c2ccc(F)cc2)c2cc3cnn(C(=O)C(C)(C)C)c3nc12. The molecule has 0 N–H and O–H groups in total. The molecular weight excluding hydrogens is 407 g/mol. The second-order valence-corrected chi connectivity index (χ2v) is 9.59. The number of carbonyl (C=O) groups excluding carboxylic acids is 1. The minimum absolute atomic E-state index is 0.0976. The van der Waals surface area contributed by atoms with Crippen LogP contribution in [0.4, 0.5) is 4.39 Å². The first-order valence-electron chi connectivity index (χ1n) is 11.0. The monoisotopic (exact) mass is 434 g/mol. The number of fused-ring (bicyclic) bond motifs is 2. The molecule has 0 unspecified atom stereocenters. The summed E-state index contributed by atoms with van der Waals surface area (Å²) in [5, 5.41) is 5.15. The lowest BCUT2D eigenvalue weighted by Crippen LogP contribution is -2.27. The summed E-state index contributed by atoms with van der Waals surface area (Å²) in [4.78, 5) is 17.9. The van der Waals surface area contributed by atoms with Gasteiger partial charge in [0, 0.05) is 41.3 Å². The third kappa shape index (κ3) is 3.32. The van der Waals surface area contributed by atoms with Crippen LogP contribution in [-0.4, -0.2) is 38.5 Å². The Balaban J connectivity index is 1.79. The standard InChI is InChI=1S/C25H27FN4O2/c1-15-21-20(13-17-14-27-30(23(17)28-21)24(31)25(2,3)4)29(19-7-5-18(26)6-8-19)22(15)16-9-11-32-12-10-16/h5-8,13-14,16H,9-12H2,1-4H3. The Hall–Kier alpha value is -3.06. The van der Waals surface area contributed by atoms with E-state index in [0.29, 0.717) is 11.6 Å². The smallest absolute Gasteiger partial charge is 0.254 e. The van der Waals surface area contributed by atoms with Crippen LogP contribution < -0.4 is 0 Å². The highest BCUT2D eigenvalue weighted by Gasteiger charge is 2.29. The van der Waals surface area contributed by atoms with Gasteiger partial charge in [0.2, 0.25) is 0 Å². The molecule has 0 saturated carbocycles. The summed E-state index contributed by atoms with van der Waals surface area (Å²) < 4.78 is 22.9. The fraction of sp³-hybridized carbons (Fsp3) is 0.400. The van der Waals surface area contributed by atoms with E-state index in [-0.39, 0.29) is 11.7 Å². The normalized spacial score (nSPS) is 15.7. The van der Waals surface area contributed by atoms with Crippen LogP contribution in [-0.2, 0) is 4.74 Å². The molecule has 7 heteroatoms. The van der Waals surface area contributed by atoms with E-state index < -0.39 is 5.41 Å². The molecule has 0 spiro atoms. The third-order valence-corrected chi connectivity index (χ3v) is 6.27. The van der Waals surface area contributed by atoms with Crippen molar-refractivity contribution in [2.75, 3.05) is 13.2 Å². The Kier molecular flexibility index (Phi) is 4.89. The maximum atomic E-state index is 13.7. The minimum atomic E-state index is -0.571. The van der Waals surface area contributed by atoms with E-state index >= 15 is 0 Å². The molecular formula is C25H27FN4O2. The number of benzene rings is 1. The van der Waals surface area contributed by atoms with Gasteiger partial charge in [0.15, 0.2) is 5.65 Å². The van der Waals surface area contributed by atoms with Crippen molar-refractivity contribution in [3.63, 3.8) is 0 Å². The van der Waals surface area contributed by atoms with Gasteiger partial charge in [-0.3, -0.25) is 4.79 Å². The zero-order valence-electron chi connectivity index (χ0n) is 18.9. The number of nitrogens with zero attached hydrogens (tertiary/aromatic N) is 4. The van der Waals surface area contributed by atoms with Gasteiger partial charge >= 0.3 is 0 Å². The van der Waals surface area contributed by atoms with Gasteiger partial charge in [0.1, 0.15) is 5.82 Å². The summed E-state index contributed by atoms with van der Waals surface area (Å²) in [5.74, 6) is -0.0459. The Morgan fingerprint density at radius 2 is 1.84 bits per heavy atom. The van der Waals surface area contributed by atoms with Gasteiger partial charge in [-0.25, -0.2) is 9.37 Å². The van der Waals surface area contributed by atoms with E-state index in [0.717, 1.165) is 53.7 Å². The van der Waals surface area contributed by atoms with E-state index in [2.05, 4.69) is 16.6 Å². The van der Waals surface area contributed by atoms with E-state index in [1.807, 2.05) is 26.8 Å². The molecule has 0 aliphatic carbocycles. The first-order chi connectivity index (χ1) is 15.3. The molecule has 1 aliphatic heterocycles. The molecule has 5 rings (SSSR count). The maximum Gasteiger partial charge on any atom is 0.254 e. The Morgan fingerprint density at radius 1 is 1.16 bits per heavy atom. The second kappa shape index (κ2) is 7.52. The van der Waals surface area contributed by atoms with Crippen LogP contribution >= 0.6 is 0 Å². The quantitative estimate of drug-likeness (QED) is 0.424. The highest BCUT2D eigenvalue weighted by molar-refractivity contribution is 5.97. The molecule has 0 bridgehead atoms. The summed E-state index contributed by atoms with van der Waals surface area (Å²) in [7, 11) is 0. The number of pyridine rings is 1. The fourth-order valence-electron chi connectivity index (χ4n) is 4.61. The van der Waals surface area contributed by atoms with Gasteiger partial charge in [-0.15, -0.1) is 0 Å². The highest BCUT2D eigenvalue weighted by atomic mass is 19.1. The van der Waals surface area contributed by atoms with Crippen LogP contribution in [0.15, 0.2) is 36.5 Å². The molecule has 32 heavy (non-hydrogen) atoms.